The van der Waals surface area contributed by atoms with Gasteiger partial charge in [-0.15, -0.1) is 11.3 Å². The summed E-state index contributed by atoms with van der Waals surface area (Å²) in [6.45, 7) is 0. The molecule has 2 heterocycles. The van der Waals surface area contributed by atoms with Gasteiger partial charge in [0.1, 0.15) is 17.6 Å². The number of rotatable bonds is 4. The second-order valence-corrected chi connectivity index (χ2v) is 9.02. The number of carbonyl (C=O) groups is 2. The highest BCUT2D eigenvalue weighted by Gasteiger charge is 2.48. The summed E-state index contributed by atoms with van der Waals surface area (Å²) >= 11 is 19.8. The van der Waals surface area contributed by atoms with E-state index < -0.39 is 23.5 Å². The second kappa shape index (κ2) is 8.67. The van der Waals surface area contributed by atoms with Gasteiger partial charge in [0, 0.05) is 15.5 Å². The molecule has 10 heteroatoms. The van der Waals surface area contributed by atoms with Crippen LogP contribution < -0.4 is 9.64 Å². The largest absolute Gasteiger partial charge is 0.507 e. The first-order valence-electron chi connectivity index (χ1n) is 9.11. The average Bonchev–Trinajstić information content (AvgIpc) is 3.36. The van der Waals surface area contributed by atoms with Crippen molar-refractivity contribution in [2.45, 2.75) is 6.04 Å². The predicted octanol–water partition coefficient (Wildman–Crippen LogP) is 6.05. The van der Waals surface area contributed by atoms with Gasteiger partial charge in [-0.25, -0.2) is 0 Å². The van der Waals surface area contributed by atoms with Gasteiger partial charge in [0.25, 0.3) is 11.7 Å². The van der Waals surface area contributed by atoms with Crippen molar-refractivity contribution in [3.05, 3.63) is 78.9 Å². The third-order valence-corrected chi connectivity index (χ3v) is 6.65. The van der Waals surface area contributed by atoms with Crippen LogP contribution in [-0.2, 0) is 9.59 Å². The number of aromatic hydroxyl groups is 1. The monoisotopic (exact) mass is 509 g/mol. The smallest absolute Gasteiger partial charge is 0.300 e. The van der Waals surface area contributed by atoms with Crippen LogP contribution in [0.25, 0.3) is 5.76 Å². The minimum absolute atomic E-state index is 0.0443. The van der Waals surface area contributed by atoms with Gasteiger partial charge in [-0.3, -0.25) is 14.5 Å². The van der Waals surface area contributed by atoms with E-state index in [1.165, 1.54) is 48.8 Å². The molecule has 1 amide bonds. The summed E-state index contributed by atoms with van der Waals surface area (Å²) in [7, 11) is 1.40. The van der Waals surface area contributed by atoms with E-state index in [0.29, 0.717) is 4.88 Å². The van der Waals surface area contributed by atoms with Gasteiger partial charge in [-0.05, 0) is 41.8 Å². The lowest BCUT2D eigenvalue weighted by molar-refractivity contribution is -0.132. The Balaban J connectivity index is 1.96. The zero-order valence-corrected chi connectivity index (χ0v) is 19.4. The molecule has 3 aromatic rings. The number of nitrogens with zero attached hydrogens (tertiary/aromatic N) is 1. The van der Waals surface area contributed by atoms with Crippen molar-refractivity contribution in [1.82, 2.24) is 0 Å². The zero-order chi connectivity index (χ0) is 23.2. The fourth-order valence-electron chi connectivity index (χ4n) is 3.53. The third-order valence-electron chi connectivity index (χ3n) is 4.93. The van der Waals surface area contributed by atoms with Crippen molar-refractivity contribution in [3.8, 4) is 11.5 Å². The van der Waals surface area contributed by atoms with Crippen molar-refractivity contribution in [2.75, 3.05) is 12.0 Å². The number of ether oxygens (including phenoxy) is 1. The lowest BCUT2D eigenvalue weighted by Crippen LogP contribution is -2.29. The van der Waals surface area contributed by atoms with Gasteiger partial charge in [0.15, 0.2) is 5.75 Å². The van der Waals surface area contributed by atoms with E-state index in [-0.39, 0.29) is 43.4 Å². The summed E-state index contributed by atoms with van der Waals surface area (Å²) in [5, 5.41) is 23.8. The number of carbonyl (C=O) groups excluding carboxylic acids is 2. The van der Waals surface area contributed by atoms with E-state index in [1.807, 2.05) is 0 Å². The molecule has 1 unspecified atom stereocenters. The molecule has 0 aliphatic carbocycles. The number of amides is 1. The Morgan fingerprint density at radius 2 is 1.78 bits per heavy atom. The minimum atomic E-state index is -1.00. The number of hydrogen-bond donors (Lipinski definition) is 2. The third kappa shape index (κ3) is 3.71. The number of aliphatic hydroxyl groups is 1. The van der Waals surface area contributed by atoms with Crippen LogP contribution in [0.15, 0.2) is 53.4 Å². The Morgan fingerprint density at radius 3 is 2.38 bits per heavy atom. The summed E-state index contributed by atoms with van der Waals surface area (Å²) in [5.74, 6) is -2.34. The molecule has 0 bridgehead atoms. The van der Waals surface area contributed by atoms with Crippen molar-refractivity contribution in [1.29, 1.82) is 0 Å². The highest BCUT2D eigenvalue weighted by Crippen LogP contribution is 2.47. The first kappa shape index (κ1) is 22.5. The zero-order valence-electron chi connectivity index (χ0n) is 16.3. The molecule has 1 aromatic heterocycles. The van der Waals surface area contributed by atoms with Crippen molar-refractivity contribution in [3.63, 3.8) is 0 Å². The molecule has 2 aromatic carbocycles. The Kier molecular flexibility index (Phi) is 6.09. The number of phenolic OH excluding ortho intramolecular Hbond substituents is 1. The Labute approximate surface area is 201 Å². The minimum Gasteiger partial charge on any atom is -0.507 e. The molecule has 164 valence electrons. The Hall–Kier alpha value is -2.71. The van der Waals surface area contributed by atoms with Gasteiger partial charge in [-0.2, -0.15) is 0 Å². The molecule has 0 radical (unpaired) electrons. The number of ketones is 1. The fraction of sp³-hybridized carbons (Fsp3) is 0.0909. The van der Waals surface area contributed by atoms with E-state index in [1.54, 1.807) is 17.5 Å². The molecule has 1 atom stereocenters. The van der Waals surface area contributed by atoms with Crippen LogP contribution in [0.2, 0.25) is 15.1 Å². The standard InChI is InChI=1S/C22H14Cl3NO5S/c1-31-21-12(24)7-10(8-13(21)25)19(28)17-18(16-3-2-6-32-16)26(22(30)20(17)29)14-9-11(23)4-5-15(14)27/h2-9,18,27-28H,1H3/b19-17-. The average molecular weight is 511 g/mol. The lowest BCUT2D eigenvalue weighted by Gasteiger charge is -2.25. The van der Waals surface area contributed by atoms with Crippen molar-refractivity contribution >= 4 is 69.3 Å². The van der Waals surface area contributed by atoms with Crippen LogP contribution in [0.4, 0.5) is 5.69 Å². The van der Waals surface area contributed by atoms with Crippen molar-refractivity contribution < 1.29 is 24.5 Å². The van der Waals surface area contributed by atoms with Crippen LogP contribution in [-0.4, -0.2) is 29.0 Å². The van der Waals surface area contributed by atoms with Gasteiger partial charge in [0.05, 0.1) is 28.4 Å². The summed E-state index contributed by atoms with van der Waals surface area (Å²) < 4.78 is 5.12. The topological polar surface area (TPSA) is 87.1 Å². The summed E-state index contributed by atoms with van der Waals surface area (Å²) in [6, 6.07) is 9.40. The van der Waals surface area contributed by atoms with Crippen molar-refractivity contribution in [2.24, 2.45) is 0 Å². The van der Waals surface area contributed by atoms with Gasteiger partial charge in [-0.1, -0.05) is 40.9 Å². The van der Waals surface area contributed by atoms with E-state index in [9.17, 15) is 19.8 Å². The second-order valence-electron chi connectivity index (χ2n) is 6.79. The number of benzene rings is 2. The van der Waals surface area contributed by atoms with Gasteiger partial charge in [0.2, 0.25) is 0 Å². The molecule has 6 nitrogen and oxygen atoms in total. The summed E-state index contributed by atoms with van der Waals surface area (Å²) in [4.78, 5) is 27.9. The number of Topliss-reactive ketones (excluding diaryl/α,β-unsaturated/α-hetero) is 1. The summed E-state index contributed by atoms with van der Waals surface area (Å²) in [6.07, 6.45) is 0. The highest BCUT2D eigenvalue weighted by molar-refractivity contribution is 7.10. The first-order chi connectivity index (χ1) is 15.2. The lowest BCUT2D eigenvalue weighted by atomic mass is 9.99. The molecule has 1 fully saturated rings. The molecule has 2 N–H and O–H groups in total. The number of methoxy groups -OCH3 is 1. The molecule has 32 heavy (non-hydrogen) atoms. The van der Waals surface area contributed by atoms with Crippen LogP contribution in [0.3, 0.4) is 0 Å². The number of anilines is 1. The molecule has 0 spiro atoms. The maximum absolute atomic E-state index is 13.1. The van der Waals surface area contributed by atoms with Crippen LogP contribution in [0.1, 0.15) is 16.5 Å². The molecular weight excluding hydrogens is 497 g/mol. The van der Waals surface area contributed by atoms with Gasteiger partial charge >= 0.3 is 0 Å². The number of phenols is 1. The molecule has 4 rings (SSSR count). The number of hydrogen-bond acceptors (Lipinski definition) is 6. The van der Waals surface area contributed by atoms with E-state index >= 15 is 0 Å². The van der Waals surface area contributed by atoms with E-state index in [2.05, 4.69) is 0 Å². The maximum Gasteiger partial charge on any atom is 0.300 e. The normalized spacial score (nSPS) is 17.8. The molecule has 1 saturated heterocycles. The first-order valence-corrected chi connectivity index (χ1v) is 11.1. The fourth-order valence-corrected chi connectivity index (χ4v) is 5.16. The molecule has 1 aliphatic rings. The number of thiophene rings is 1. The van der Waals surface area contributed by atoms with Crippen LogP contribution in [0.5, 0.6) is 11.5 Å². The predicted molar refractivity (Wildman–Crippen MR) is 125 cm³/mol. The van der Waals surface area contributed by atoms with Gasteiger partial charge < -0.3 is 14.9 Å². The van der Waals surface area contributed by atoms with E-state index in [4.69, 9.17) is 39.5 Å². The molecule has 0 saturated carbocycles. The quantitative estimate of drug-likeness (QED) is 0.253. The summed E-state index contributed by atoms with van der Waals surface area (Å²) in [5.41, 5.74) is 0.00708. The molecular formula is C22H14Cl3NO5S. The maximum atomic E-state index is 13.1. The van der Waals surface area contributed by atoms with E-state index in [0.717, 1.165) is 4.90 Å². The Bertz CT molecular complexity index is 1250. The number of aliphatic hydroxyl groups excluding tert-OH is 1. The highest BCUT2D eigenvalue weighted by atomic mass is 35.5. The van der Waals surface area contributed by atoms with Crippen LogP contribution >= 0.6 is 46.1 Å². The Morgan fingerprint density at radius 1 is 1.09 bits per heavy atom. The van der Waals surface area contributed by atoms with Crippen LogP contribution in [0, 0.1) is 0 Å². The number of halogens is 3. The SMILES string of the molecule is COc1c(Cl)cc(/C(O)=C2/C(=O)C(=O)N(c3cc(Cl)ccc3O)C2c2cccs2)cc1Cl. The molecule has 1 aliphatic heterocycles.